The number of rotatable bonds is 3. The van der Waals surface area contributed by atoms with Gasteiger partial charge in [0.05, 0.1) is 23.1 Å². The summed E-state index contributed by atoms with van der Waals surface area (Å²) in [6.45, 7) is 0.952. The van der Waals surface area contributed by atoms with E-state index in [4.69, 9.17) is 11.6 Å². The Morgan fingerprint density at radius 1 is 1.37 bits per heavy atom. The standard InChI is InChI=1S/C11H14ClN3O3S/c12-9-1-2-10(13-7-9)14-11(16)8-15-3-5-19(17,18)6-4-15/h1-2,7H,3-6,8H2,(H,13,14,16). The molecule has 104 valence electrons. The van der Waals surface area contributed by atoms with E-state index < -0.39 is 9.84 Å². The van der Waals surface area contributed by atoms with Gasteiger partial charge in [-0.05, 0) is 12.1 Å². The van der Waals surface area contributed by atoms with Crippen LogP contribution in [0.1, 0.15) is 0 Å². The molecule has 1 aromatic rings. The maximum Gasteiger partial charge on any atom is 0.239 e. The molecule has 0 spiro atoms. The number of hydrogen-bond acceptors (Lipinski definition) is 5. The molecule has 1 aromatic heterocycles. The Morgan fingerprint density at radius 2 is 2.05 bits per heavy atom. The third kappa shape index (κ3) is 4.45. The molecule has 0 unspecified atom stereocenters. The zero-order chi connectivity index (χ0) is 13.9. The number of nitrogens with zero attached hydrogens (tertiary/aromatic N) is 2. The normalized spacial score (nSPS) is 19.0. The molecular weight excluding hydrogens is 290 g/mol. The zero-order valence-corrected chi connectivity index (χ0v) is 11.7. The Labute approximate surface area is 116 Å². The molecule has 0 radical (unpaired) electrons. The first-order valence-corrected chi connectivity index (χ1v) is 7.99. The zero-order valence-electron chi connectivity index (χ0n) is 10.2. The van der Waals surface area contributed by atoms with E-state index in [1.54, 1.807) is 12.1 Å². The molecule has 0 aromatic carbocycles. The van der Waals surface area contributed by atoms with Gasteiger partial charge < -0.3 is 5.32 Å². The van der Waals surface area contributed by atoms with Crippen LogP contribution in [0.2, 0.25) is 5.02 Å². The van der Waals surface area contributed by atoms with Gasteiger partial charge in [-0.15, -0.1) is 0 Å². The van der Waals surface area contributed by atoms with Crippen LogP contribution in [0.5, 0.6) is 0 Å². The van der Waals surface area contributed by atoms with Crippen LogP contribution in [0.15, 0.2) is 18.3 Å². The van der Waals surface area contributed by atoms with Crippen LogP contribution in [0.4, 0.5) is 5.82 Å². The minimum absolute atomic E-state index is 0.111. The highest BCUT2D eigenvalue weighted by atomic mass is 35.5. The summed E-state index contributed by atoms with van der Waals surface area (Å²) >= 11 is 5.69. The molecule has 0 bridgehead atoms. The first kappa shape index (κ1) is 14.2. The lowest BCUT2D eigenvalue weighted by molar-refractivity contribution is -0.117. The Bertz CT molecular complexity index is 545. The number of hydrogen-bond donors (Lipinski definition) is 1. The lowest BCUT2D eigenvalue weighted by Gasteiger charge is -2.25. The van der Waals surface area contributed by atoms with Crippen LogP contribution >= 0.6 is 11.6 Å². The molecule has 0 saturated carbocycles. The highest BCUT2D eigenvalue weighted by Gasteiger charge is 2.22. The van der Waals surface area contributed by atoms with Crippen molar-refractivity contribution in [3.05, 3.63) is 23.4 Å². The van der Waals surface area contributed by atoms with Gasteiger partial charge in [-0.25, -0.2) is 13.4 Å². The first-order chi connectivity index (χ1) is 8.94. The molecule has 1 amide bonds. The summed E-state index contributed by atoms with van der Waals surface area (Å²) in [4.78, 5) is 17.5. The second kappa shape index (κ2) is 5.85. The third-order valence-corrected chi connectivity index (χ3v) is 4.63. The van der Waals surface area contributed by atoms with Crippen LogP contribution in [-0.2, 0) is 14.6 Å². The summed E-state index contributed by atoms with van der Waals surface area (Å²) in [7, 11) is -2.92. The molecule has 1 aliphatic rings. The topological polar surface area (TPSA) is 79.4 Å². The van der Waals surface area contributed by atoms with E-state index in [-0.39, 0.29) is 24.0 Å². The van der Waals surface area contributed by atoms with Crippen molar-refractivity contribution in [3.63, 3.8) is 0 Å². The number of nitrogens with one attached hydrogen (secondary N) is 1. The van der Waals surface area contributed by atoms with Gasteiger partial charge in [0.25, 0.3) is 0 Å². The third-order valence-electron chi connectivity index (χ3n) is 2.80. The van der Waals surface area contributed by atoms with Crippen molar-refractivity contribution < 1.29 is 13.2 Å². The monoisotopic (exact) mass is 303 g/mol. The Hall–Kier alpha value is -1.18. The number of anilines is 1. The molecular formula is C11H14ClN3O3S. The molecule has 0 atom stereocenters. The minimum atomic E-state index is -2.92. The molecule has 1 fully saturated rings. The number of carbonyl (C=O) groups is 1. The Balaban J connectivity index is 1.83. The van der Waals surface area contributed by atoms with E-state index in [2.05, 4.69) is 10.3 Å². The van der Waals surface area contributed by atoms with Crippen molar-refractivity contribution in [2.75, 3.05) is 36.5 Å². The van der Waals surface area contributed by atoms with Crippen LogP contribution < -0.4 is 5.32 Å². The van der Waals surface area contributed by atoms with Gasteiger partial charge in [0.2, 0.25) is 5.91 Å². The van der Waals surface area contributed by atoms with Crippen LogP contribution in [-0.4, -0.2) is 55.3 Å². The fourth-order valence-electron chi connectivity index (χ4n) is 1.74. The fourth-order valence-corrected chi connectivity index (χ4v) is 3.13. The molecule has 1 N–H and O–H groups in total. The lowest BCUT2D eigenvalue weighted by atomic mass is 10.4. The molecule has 0 aliphatic carbocycles. The maximum atomic E-state index is 11.8. The van der Waals surface area contributed by atoms with E-state index in [9.17, 15) is 13.2 Å². The SMILES string of the molecule is O=C(CN1CCS(=O)(=O)CC1)Nc1ccc(Cl)cn1. The van der Waals surface area contributed by atoms with Crippen molar-refractivity contribution in [3.8, 4) is 0 Å². The predicted molar refractivity (Wildman–Crippen MR) is 73.0 cm³/mol. The van der Waals surface area contributed by atoms with E-state index in [0.717, 1.165) is 0 Å². The Kier molecular flexibility index (Phi) is 4.38. The summed E-state index contributed by atoms with van der Waals surface area (Å²) in [5.41, 5.74) is 0. The van der Waals surface area contributed by atoms with E-state index in [0.29, 0.717) is 23.9 Å². The van der Waals surface area contributed by atoms with E-state index >= 15 is 0 Å². The van der Waals surface area contributed by atoms with E-state index in [1.165, 1.54) is 6.20 Å². The predicted octanol–water partition coefficient (Wildman–Crippen LogP) is 0.404. The average molecular weight is 304 g/mol. The van der Waals surface area contributed by atoms with Gasteiger partial charge in [-0.2, -0.15) is 0 Å². The highest BCUT2D eigenvalue weighted by Crippen LogP contribution is 2.10. The largest absolute Gasteiger partial charge is 0.310 e. The summed E-state index contributed by atoms with van der Waals surface area (Å²) in [5.74, 6) is 0.437. The first-order valence-electron chi connectivity index (χ1n) is 5.79. The van der Waals surface area contributed by atoms with Crippen molar-refractivity contribution in [1.29, 1.82) is 0 Å². The molecule has 1 saturated heterocycles. The molecule has 1 aliphatic heterocycles. The van der Waals surface area contributed by atoms with Gasteiger partial charge in [0, 0.05) is 19.3 Å². The molecule has 2 heterocycles. The van der Waals surface area contributed by atoms with Gasteiger partial charge in [0.1, 0.15) is 5.82 Å². The summed E-state index contributed by atoms with van der Waals surface area (Å²) in [6, 6.07) is 3.25. The number of halogens is 1. The van der Waals surface area contributed by atoms with Gasteiger partial charge in [-0.3, -0.25) is 9.69 Å². The molecule has 6 nitrogen and oxygen atoms in total. The quantitative estimate of drug-likeness (QED) is 0.874. The van der Waals surface area contributed by atoms with Crippen LogP contribution in [0.3, 0.4) is 0 Å². The second-order valence-corrected chi connectivity index (χ2v) is 7.08. The minimum Gasteiger partial charge on any atom is -0.310 e. The van der Waals surface area contributed by atoms with Crippen molar-refractivity contribution in [2.45, 2.75) is 0 Å². The van der Waals surface area contributed by atoms with Crippen LogP contribution in [0, 0.1) is 0 Å². The summed E-state index contributed by atoms with van der Waals surface area (Å²) < 4.78 is 22.5. The number of carbonyl (C=O) groups excluding carboxylic acids is 1. The van der Waals surface area contributed by atoms with Gasteiger partial charge in [-0.1, -0.05) is 11.6 Å². The number of sulfone groups is 1. The summed E-state index contributed by atoms with van der Waals surface area (Å²) in [6.07, 6.45) is 1.45. The smallest absolute Gasteiger partial charge is 0.239 e. The average Bonchev–Trinajstić information content (AvgIpc) is 2.35. The Morgan fingerprint density at radius 3 is 2.63 bits per heavy atom. The van der Waals surface area contributed by atoms with Crippen molar-refractivity contribution in [2.24, 2.45) is 0 Å². The molecule has 2 rings (SSSR count). The molecule has 19 heavy (non-hydrogen) atoms. The fraction of sp³-hybridized carbons (Fsp3) is 0.455. The van der Waals surface area contributed by atoms with Crippen molar-refractivity contribution in [1.82, 2.24) is 9.88 Å². The summed E-state index contributed by atoms with van der Waals surface area (Å²) in [5, 5.41) is 3.14. The highest BCUT2D eigenvalue weighted by molar-refractivity contribution is 7.91. The lowest BCUT2D eigenvalue weighted by Crippen LogP contribution is -2.43. The van der Waals surface area contributed by atoms with Crippen molar-refractivity contribution >= 4 is 33.2 Å². The van der Waals surface area contributed by atoms with Crippen LogP contribution in [0.25, 0.3) is 0 Å². The van der Waals surface area contributed by atoms with Gasteiger partial charge in [0.15, 0.2) is 9.84 Å². The molecule has 8 heteroatoms. The van der Waals surface area contributed by atoms with Gasteiger partial charge >= 0.3 is 0 Å². The number of aromatic nitrogens is 1. The maximum absolute atomic E-state index is 11.8. The number of pyridine rings is 1. The number of amides is 1. The second-order valence-electron chi connectivity index (χ2n) is 4.34. The van der Waals surface area contributed by atoms with E-state index in [1.807, 2.05) is 4.90 Å².